The Hall–Kier alpha value is -0.0900. The molecule has 0 spiro atoms. The van der Waals surface area contributed by atoms with Crippen molar-refractivity contribution in [1.29, 1.82) is 0 Å². The van der Waals surface area contributed by atoms with Gasteiger partial charge >= 0.3 is 0 Å². The molecule has 0 nitrogen and oxygen atoms in total. The van der Waals surface area contributed by atoms with Crippen molar-refractivity contribution >= 4 is 7.92 Å². The lowest BCUT2D eigenvalue weighted by Crippen LogP contribution is -1.95. The fourth-order valence-electron chi connectivity index (χ4n) is 1.70. The quantitative estimate of drug-likeness (QED) is 0.507. The van der Waals surface area contributed by atoms with Gasteiger partial charge < -0.3 is 0 Å². The average Bonchev–Trinajstić information content (AvgIpc) is 2.59. The lowest BCUT2D eigenvalue weighted by molar-refractivity contribution is 0.949. The molecule has 0 aromatic carbocycles. The second-order valence-electron chi connectivity index (χ2n) is 3.00. The minimum atomic E-state index is 0.380. The van der Waals surface area contributed by atoms with Crippen molar-refractivity contribution in [2.24, 2.45) is 0 Å². The molecule has 0 radical (unpaired) electrons. The van der Waals surface area contributed by atoms with Crippen LogP contribution in [-0.4, -0.2) is 18.0 Å². The molecule has 0 unspecified atom stereocenters. The van der Waals surface area contributed by atoms with Crippen LogP contribution >= 0.6 is 7.92 Å². The minimum Gasteiger partial charge on any atom is -0.0957 e. The topological polar surface area (TPSA) is 0 Å². The van der Waals surface area contributed by atoms with E-state index < -0.39 is 0 Å². The Morgan fingerprint density at radius 3 is 2.20 bits per heavy atom. The van der Waals surface area contributed by atoms with E-state index in [0.717, 1.165) is 5.66 Å². The summed E-state index contributed by atoms with van der Waals surface area (Å²) < 4.78 is 0. The zero-order valence-corrected chi connectivity index (χ0v) is 7.06. The fraction of sp³-hybridized carbons (Fsp3) is 0.556. The smallest absolute Gasteiger partial charge is 0.0156 e. The Labute approximate surface area is 63.8 Å². The summed E-state index contributed by atoms with van der Waals surface area (Å²) in [6.45, 7) is 0. The molecule has 1 aliphatic heterocycles. The molecule has 0 atom stereocenters. The van der Waals surface area contributed by atoms with Crippen LogP contribution in [-0.2, 0) is 0 Å². The SMILES string of the molecule is C1=CC(P2CCCC2)C=C1. The monoisotopic (exact) mass is 152 g/mol. The highest BCUT2D eigenvalue weighted by molar-refractivity contribution is 7.59. The van der Waals surface area contributed by atoms with Crippen LogP contribution in [0.25, 0.3) is 0 Å². The molecule has 1 heterocycles. The molecule has 1 heteroatoms. The third-order valence-corrected chi connectivity index (χ3v) is 5.26. The van der Waals surface area contributed by atoms with Gasteiger partial charge in [-0.3, -0.25) is 0 Å². The lowest BCUT2D eigenvalue weighted by Gasteiger charge is -2.13. The van der Waals surface area contributed by atoms with Crippen LogP contribution in [0.5, 0.6) is 0 Å². The maximum absolute atomic E-state index is 2.37. The first kappa shape index (κ1) is 6.61. The summed E-state index contributed by atoms with van der Waals surface area (Å²) in [7, 11) is 0.380. The first-order valence-corrected chi connectivity index (χ1v) is 5.84. The third-order valence-electron chi connectivity index (χ3n) is 2.29. The molecule has 1 saturated heterocycles. The van der Waals surface area contributed by atoms with Crippen molar-refractivity contribution in [2.45, 2.75) is 18.5 Å². The Morgan fingerprint density at radius 1 is 1.00 bits per heavy atom. The van der Waals surface area contributed by atoms with Gasteiger partial charge in [-0.25, -0.2) is 0 Å². The Balaban J connectivity index is 1.98. The number of hydrogen-bond acceptors (Lipinski definition) is 0. The molecule has 10 heavy (non-hydrogen) atoms. The van der Waals surface area contributed by atoms with E-state index in [2.05, 4.69) is 24.3 Å². The van der Waals surface area contributed by atoms with E-state index in [9.17, 15) is 0 Å². The summed E-state index contributed by atoms with van der Waals surface area (Å²) in [6, 6.07) is 0. The summed E-state index contributed by atoms with van der Waals surface area (Å²) in [6.07, 6.45) is 15.2. The summed E-state index contributed by atoms with van der Waals surface area (Å²) in [5.74, 6) is 0. The lowest BCUT2D eigenvalue weighted by atomic mass is 10.4. The first-order chi connectivity index (χ1) is 4.97. The van der Waals surface area contributed by atoms with Crippen molar-refractivity contribution in [3.8, 4) is 0 Å². The molecular formula is C9H13P. The fourth-order valence-corrected chi connectivity index (χ4v) is 4.47. The highest BCUT2D eigenvalue weighted by Crippen LogP contribution is 2.49. The molecule has 54 valence electrons. The van der Waals surface area contributed by atoms with Gasteiger partial charge in [-0.2, -0.15) is 0 Å². The Morgan fingerprint density at radius 2 is 1.60 bits per heavy atom. The Bertz CT molecular complexity index is 152. The van der Waals surface area contributed by atoms with Gasteiger partial charge in [0.2, 0.25) is 0 Å². The van der Waals surface area contributed by atoms with Gasteiger partial charge in [-0.05, 0) is 25.2 Å². The number of hydrogen-bond donors (Lipinski definition) is 0. The van der Waals surface area contributed by atoms with Crippen LogP contribution in [0, 0.1) is 0 Å². The molecule has 0 aromatic heterocycles. The van der Waals surface area contributed by atoms with E-state index in [-0.39, 0.29) is 0 Å². The maximum Gasteiger partial charge on any atom is 0.0156 e. The minimum absolute atomic E-state index is 0.380. The molecule has 1 fully saturated rings. The van der Waals surface area contributed by atoms with E-state index >= 15 is 0 Å². The summed E-state index contributed by atoms with van der Waals surface area (Å²) in [5, 5.41) is 0. The molecule has 1 aliphatic carbocycles. The van der Waals surface area contributed by atoms with E-state index in [0.29, 0.717) is 7.92 Å². The highest BCUT2D eigenvalue weighted by atomic mass is 31.1. The average molecular weight is 152 g/mol. The molecule has 0 N–H and O–H groups in total. The molecule has 2 aliphatic rings. The van der Waals surface area contributed by atoms with Gasteiger partial charge in [0.05, 0.1) is 0 Å². The van der Waals surface area contributed by atoms with E-state index in [1.54, 1.807) is 0 Å². The summed E-state index contributed by atoms with van der Waals surface area (Å²) >= 11 is 0. The molecule has 0 aromatic rings. The van der Waals surface area contributed by atoms with Crippen molar-refractivity contribution in [3.63, 3.8) is 0 Å². The van der Waals surface area contributed by atoms with Crippen molar-refractivity contribution in [3.05, 3.63) is 24.3 Å². The van der Waals surface area contributed by atoms with Gasteiger partial charge in [-0.1, -0.05) is 32.2 Å². The van der Waals surface area contributed by atoms with Crippen molar-refractivity contribution < 1.29 is 0 Å². The van der Waals surface area contributed by atoms with Gasteiger partial charge in [0.15, 0.2) is 0 Å². The standard InChI is InChI=1S/C9H13P/c1-2-6-9(5-1)10-7-3-4-8-10/h1-2,5-6,9H,3-4,7-8H2. The highest BCUT2D eigenvalue weighted by Gasteiger charge is 2.20. The molecule has 0 saturated carbocycles. The number of allylic oxidation sites excluding steroid dienone is 4. The van der Waals surface area contributed by atoms with Crippen LogP contribution in [0.3, 0.4) is 0 Å². The Kier molecular flexibility index (Phi) is 1.90. The normalized spacial score (nSPS) is 26.8. The third kappa shape index (κ3) is 1.18. The van der Waals surface area contributed by atoms with E-state index in [1.165, 1.54) is 25.2 Å². The van der Waals surface area contributed by atoms with Crippen LogP contribution in [0.1, 0.15) is 12.8 Å². The van der Waals surface area contributed by atoms with Crippen LogP contribution < -0.4 is 0 Å². The predicted molar refractivity (Wildman–Crippen MR) is 48.0 cm³/mol. The second-order valence-corrected chi connectivity index (χ2v) is 5.67. The van der Waals surface area contributed by atoms with Crippen LogP contribution in [0.2, 0.25) is 0 Å². The zero-order valence-electron chi connectivity index (χ0n) is 6.16. The van der Waals surface area contributed by atoms with E-state index in [4.69, 9.17) is 0 Å². The second kappa shape index (κ2) is 2.88. The molecule has 0 amide bonds. The van der Waals surface area contributed by atoms with Gasteiger partial charge in [-0.15, -0.1) is 0 Å². The van der Waals surface area contributed by atoms with Crippen molar-refractivity contribution in [1.82, 2.24) is 0 Å². The first-order valence-electron chi connectivity index (χ1n) is 4.06. The van der Waals surface area contributed by atoms with Gasteiger partial charge in [0, 0.05) is 5.66 Å². The van der Waals surface area contributed by atoms with Crippen LogP contribution in [0.15, 0.2) is 24.3 Å². The van der Waals surface area contributed by atoms with Gasteiger partial charge in [0.1, 0.15) is 0 Å². The van der Waals surface area contributed by atoms with Crippen molar-refractivity contribution in [2.75, 3.05) is 12.3 Å². The zero-order chi connectivity index (χ0) is 6.81. The van der Waals surface area contributed by atoms with E-state index in [1.807, 2.05) is 0 Å². The molecule has 0 bridgehead atoms. The summed E-state index contributed by atoms with van der Waals surface area (Å²) in [4.78, 5) is 0. The largest absolute Gasteiger partial charge is 0.0957 e. The van der Waals surface area contributed by atoms with Crippen LogP contribution in [0.4, 0.5) is 0 Å². The number of rotatable bonds is 1. The predicted octanol–water partition coefficient (Wildman–Crippen LogP) is 2.76. The summed E-state index contributed by atoms with van der Waals surface area (Å²) in [5.41, 5.74) is 0.859. The molecule has 2 rings (SSSR count). The molecular weight excluding hydrogens is 139 g/mol. The van der Waals surface area contributed by atoms with Gasteiger partial charge in [0.25, 0.3) is 0 Å². The maximum atomic E-state index is 2.37.